The van der Waals surface area contributed by atoms with E-state index in [1.54, 1.807) is 23.5 Å². The third-order valence-electron chi connectivity index (χ3n) is 3.79. The molecule has 2 heterocycles. The van der Waals surface area contributed by atoms with Gasteiger partial charge in [0, 0.05) is 0 Å². The monoisotopic (exact) mass is 465 g/mol. The van der Waals surface area contributed by atoms with Crippen LogP contribution in [0, 0.1) is 3.70 Å². The average Bonchev–Trinajstić information content (AvgIpc) is 2.98. The Morgan fingerprint density at radius 1 is 1.23 bits per heavy atom. The molecular weight excluding hydrogens is 449 g/mol. The first kappa shape index (κ1) is 18.2. The number of carbonyl (C=O) groups excluding carboxylic acids is 1. The van der Waals surface area contributed by atoms with Gasteiger partial charge in [-0.2, -0.15) is 0 Å². The molecule has 26 heavy (non-hydrogen) atoms. The summed E-state index contributed by atoms with van der Waals surface area (Å²) in [5.74, 6) is -1.04. The van der Waals surface area contributed by atoms with Crippen LogP contribution in [-0.2, 0) is 11.3 Å². The van der Waals surface area contributed by atoms with Crippen molar-refractivity contribution in [1.29, 1.82) is 0 Å². The van der Waals surface area contributed by atoms with Gasteiger partial charge in [0.1, 0.15) is 21.6 Å². The Balaban J connectivity index is 1.74. The van der Waals surface area contributed by atoms with Crippen molar-refractivity contribution >= 4 is 40.3 Å². The number of benzene rings is 1. The Kier molecular flexibility index (Phi) is 5.40. The molecule has 8 heteroatoms. The molecule has 1 amide bonds. The van der Waals surface area contributed by atoms with E-state index in [9.17, 15) is 14.7 Å². The van der Waals surface area contributed by atoms with Crippen molar-refractivity contribution in [2.24, 2.45) is 0 Å². The first-order chi connectivity index (χ1) is 12.5. The maximum absolute atomic E-state index is 12.0. The predicted octanol–water partition coefficient (Wildman–Crippen LogP) is 3.62. The number of amides is 1. The van der Waals surface area contributed by atoms with Crippen molar-refractivity contribution in [3.63, 3.8) is 0 Å². The molecule has 7 nitrogen and oxygen atoms in total. The van der Waals surface area contributed by atoms with Crippen molar-refractivity contribution in [2.45, 2.75) is 19.6 Å². The van der Waals surface area contributed by atoms with E-state index < -0.39 is 18.1 Å². The number of ether oxygens (including phenoxy) is 1. The minimum absolute atomic E-state index is 0.115. The maximum Gasteiger partial charge on any atom is 0.407 e. The summed E-state index contributed by atoms with van der Waals surface area (Å²) in [6, 6.07) is 13.8. The van der Waals surface area contributed by atoms with Crippen molar-refractivity contribution < 1.29 is 19.4 Å². The van der Waals surface area contributed by atoms with E-state index in [2.05, 4.69) is 10.3 Å². The smallest absolute Gasteiger partial charge is 0.407 e. The van der Waals surface area contributed by atoms with Gasteiger partial charge in [-0.3, -0.25) is 4.40 Å². The van der Waals surface area contributed by atoms with Crippen LogP contribution in [0.1, 0.15) is 34.7 Å². The molecule has 1 aromatic carbocycles. The Morgan fingerprint density at radius 3 is 2.65 bits per heavy atom. The van der Waals surface area contributed by atoms with Crippen LogP contribution in [0.4, 0.5) is 4.79 Å². The standard InChI is InChI=1S/C18H16IN3O4/c1-11(20-18(25)26-10-12-6-3-2-4-7-12)15-16(19)22-13(17(23)24)8-5-9-14(22)21-15/h2-9,11H,10H2,1H3,(H,20,25)(H,23,24). The zero-order valence-electron chi connectivity index (χ0n) is 13.8. The number of aromatic nitrogens is 2. The summed E-state index contributed by atoms with van der Waals surface area (Å²) in [6.07, 6.45) is -0.562. The van der Waals surface area contributed by atoms with Crippen LogP contribution in [0.3, 0.4) is 0 Å². The van der Waals surface area contributed by atoms with Crippen molar-refractivity contribution in [1.82, 2.24) is 14.7 Å². The molecule has 1 unspecified atom stereocenters. The van der Waals surface area contributed by atoms with E-state index in [1.165, 1.54) is 6.07 Å². The number of pyridine rings is 1. The van der Waals surface area contributed by atoms with Gasteiger partial charge in [0.25, 0.3) is 0 Å². The zero-order valence-corrected chi connectivity index (χ0v) is 16.0. The second-order valence-corrected chi connectivity index (χ2v) is 6.65. The first-order valence-corrected chi connectivity index (χ1v) is 8.92. The molecule has 1 atom stereocenters. The molecule has 3 rings (SSSR count). The quantitative estimate of drug-likeness (QED) is 0.562. The number of carboxylic acids is 1. The molecule has 0 spiro atoms. The normalized spacial score (nSPS) is 11.9. The van der Waals surface area contributed by atoms with Gasteiger partial charge in [-0.25, -0.2) is 14.6 Å². The minimum Gasteiger partial charge on any atom is -0.477 e. The molecular formula is C18H16IN3O4. The highest BCUT2D eigenvalue weighted by molar-refractivity contribution is 14.1. The molecule has 2 N–H and O–H groups in total. The van der Waals surface area contributed by atoms with Gasteiger partial charge in [-0.05, 0) is 47.2 Å². The highest BCUT2D eigenvalue weighted by atomic mass is 127. The lowest BCUT2D eigenvalue weighted by atomic mass is 10.2. The number of carboxylic acid groups (broad SMARTS) is 1. The molecule has 0 bridgehead atoms. The summed E-state index contributed by atoms with van der Waals surface area (Å²) in [5.41, 5.74) is 2.10. The van der Waals surface area contributed by atoms with E-state index >= 15 is 0 Å². The van der Waals surface area contributed by atoms with E-state index in [1.807, 2.05) is 52.9 Å². The number of imidazole rings is 1. The van der Waals surface area contributed by atoms with Gasteiger partial charge in [-0.15, -0.1) is 0 Å². The summed E-state index contributed by atoms with van der Waals surface area (Å²) in [7, 11) is 0. The van der Waals surface area contributed by atoms with E-state index in [-0.39, 0.29) is 12.3 Å². The number of halogens is 1. The number of rotatable bonds is 5. The van der Waals surface area contributed by atoms with Crippen LogP contribution >= 0.6 is 22.6 Å². The number of nitrogens with one attached hydrogen (secondary N) is 1. The molecule has 0 saturated heterocycles. The highest BCUT2D eigenvalue weighted by Gasteiger charge is 2.21. The van der Waals surface area contributed by atoms with Crippen LogP contribution in [0.25, 0.3) is 5.65 Å². The Labute approximate surface area is 163 Å². The molecule has 0 fully saturated rings. The third kappa shape index (κ3) is 3.79. The summed E-state index contributed by atoms with van der Waals surface area (Å²) in [6.45, 7) is 1.94. The molecule has 0 saturated carbocycles. The maximum atomic E-state index is 12.0. The lowest BCUT2D eigenvalue weighted by Crippen LogP contribution is -2.28. The molecule has 0 aliphatic heterocycles. The van der Waals surface area contributed by atoms with Crippen LogP contribution in [0.5, 0.6) is 0 Å². The third-order valence-corrected chi connectivity index (χ3v) is 4.82. The van der Waals surface area contributed by atoms with Crippen LogP contribution in [-0.4, -0.2) is 26.6 Å². The van der Waals surface area contributed by atoms with Gasteiger partial charge in [0.15, 0.2) is 0 Å². The van der Waals surface area contributed by atoms with Crippen LogP contribution in [0.15, 0.2) is 48.5 Å². The fraction of sp³-hybridized carbons (Fsp3) is 0.167. The lowest BCUT2D eigenvalue weighted by Gasteiger charge is -2.13. The zero-order chi connectivity index (χ0) is 18.7. The number of hydrogen-bond acceptors (Lipinski definition) is 4. The summed E-state index contributed by atoms with van der Waals surface area (Å²) < 4.78 is 7.39. The van der Waals surface area contributed by atoms with Crippen molar-refractivity contribution in [2.75, 3.05) is 0 Å². The van der Waals surface area contributed by atoms with Crippen molar-refractivity contribution in [3.8, 4) is 0 Å². The average molecular weight is 465 g/mol. The molecule has 3 aromatic rings. The van der Waals surface area contributed by atoms with E-state index in [0.717, 1.165) is 5.56 Å². The second-order valence-electron chi connectivity index (χ2n) is 5.63. The van der Waals surface area contributed by atoms with Gasteiger partial charge in [0.2, 0.25) is 0 Å². The van der Waals surface area contributed by atoms with E-state index in [0.29, 0.717) is 15.0 Å². The fourth-order valence-corrected chi connectivity index (χ4v) is 3.62. The van der Waals surface area contributed by atoms with E-state index in [4.69, 9.17) is 4.74 Å². The number of carbonyl (C=O) groups is 2. The Bertz CT molecular complexity index is 956. The molecule has 2 aromatic heterocycles. The van der Waals surface area contributed by atoms with Gasteiger partial charge in [-0.1, -0.05) is 36.4 Å². The summed E-state index contributed by atoms with van der Waals surface area (Å²) in [4.78, 5) is 27.9. The predicted molar refractivity (Wildman–Crippen MR) is 103 cm³/mol. The number of aromatic carboxylic acids is 1. The van der Waals surface area contributed by atoms with Gasteiger partial charge < -0.3 is 15.2 Å². The minimum atomic E-state index is -1.04. The number of fused-ring (bicyclic) bond motifs is 1. The number of alkyl carbamates (subject to hydrolysis) is 1. The molecule has 0 aliphatic carbocycles. The number of nitrogens with zero attached hydrogens (tertiary/aromatic N) is 2. The van der Waals surface area contributed by atoms with Gasteiger partial charge >= 0.3 is 12.1 Å². The van der Waals surface area contributed by atoms with Crippen LogP contribution < -0.4 is 5.32 Å². The van der Waals surface area contributed by atoms with Gasteiger partial charge in [0.05, 0.1) is 11.7 Å². The van der Waals surface area contributed by atoms with Crippen molar-refractivity contribution in [3.05, 3.63) is 69.2 Å². The van der Waals surface area contributed by atoms with Crippen LogP contribution in [0.2, 0.25) is 0 Å². The molecule has 0 aliphatic rings. The molecule has 134 valence electrons. The SMILES string of the molecule is CC(NC(=O)OCc1ccccc1)c1nc2cccc(C(=O)O)n2c1I. The second kappa shape index (κ2) is 7.73. The summed E-state index contributed by atoms with van der Waals surface area (Å²) >= 11 is 2.03. The first-order valence-electron chi connectivity index (χ1n) is 7.84. The number of hydrogen-bond donors (Lipinski definition) is 2. The molecule has 0 radical (unpaired) electrons. The summed E-state index contributed by atoms with van der Waals surface area (Å²) in [5, 5.41) is 12.1. The highest BCUT2D eigenvalue weighted by Crippen LogP contribution is 2.23. The lowest BCUT2D eigenvalue weighted by molar-refractivity contribution is 0.0688. The largest absolute Gasteiger partial charge is 0.477 e. The Hall–Kier alpha value is -2.62. The fourth-order valence-electron chi connectivity index (χ4n) is 2.53. The Morgan fingerprint density at radius 2 is 1.96 bits per heavy atom. The topological polar surface area (TPSA) is 92.9 Å².